The monoisotopic (exact) mass is 534 g/mol. The fraction of sp³-hybridized carbons (Fsp3) is 0.606. The van der Waals surface area contributed by atoms with Gasteiger partial charge in [-0.3, -0.25) is 9.59 Å². The highest BCUT2D eigenvalue weighted by Gasteiger charge is 2.61. The van der Waals surface area contributed by atoms with E-state index in [0.717, 1.165) is 56.1 Å². The van der Waals surface area contributed by atoms with Crippen LogP contribution in [0, 0.1) is 34.5 Å². The second kappa shape index (κ2) is 11.0. The molecule has 7 atom stereocenters. The predicted octanol–water partition coefficient (Wildman–Crippen LogP) is 5.86. The maximum atomic E-state index is 12.6. The van der Waals surface area contributed by atoms with Gasteiger partial charge in [-0.05, 0) is 91.2 Å². The van der Waals surface area contributed by atoms with Gasteiger partial charge in [0.25, 0.3) is 0 Å². The van der Waals surface area contributed by atoms with E-state index in [4.69, 9.17) is 9.47 Å². The molecule has 0 amide bonds. The highest BCUT2D eigenvalue weighted by molar-refractivity contribution is 5.91. The maximum Gasteiger partial charge on any atom is 0.330 e. The summed E-state index contributed by atoms with van der Waals surface area (Å²) in [6, 6.07) is 7.39. The lowest BCUT2D eigenvalue weighted by Gasteiger charge is -2.60. The van der Waals surface area contributed by atoms with Crippen molar-refractivity contribution in [1.29, 1.82) is 0 Å². The number of aliphatic hydroxyl groups is 1. The molecular formula is C33H42O6. The van der Waals surface area contributed by atoms with Crippen LogP contribution in [0.4, 0.5) is 0 Å². The molecule has 0 radical (unpaired) electrons. The fourth-order valence-electron chi connectivity index (χ4n) is 8.68. The van der Waals surface area contributed by atoms with Gasteiger partial charge in [0, 0.05) is 24.8 Å². The molecule has 0 spiro atoms. The van der Waals surface area contributed by atoms with Gasteiger partial charge in [-0.2, -0.15) is 0 Å². The van der Waals surface area contributed by atoms with E-state index < -0.39 is 5.97 Å². The van der Waals surface area contributed by atoms with Crippen molar-refractivity contribution >= 4 is 17.7 Å². The molecule has 0 aliphatic heterocycles. The lowest BCUT2D eigenvalue weighted by atomic mass is 9.44. The summed E-state index contributed by atoms with van der Waals surface area (Å²) < 4.78 is 11.3. The first-order valence-corrected chi connectivity index (χ1v) is 14.6. The summed E-state index contributed by atoms with van der Waals surface area (Å²) in [4.78, 5) is 36.9. The standard InChI is InChI=1S/C33H42O6/c1-21(35)39-29-12-11-27-31-22(9-6-10-30(37)38-20-24-8-5-4-7-23(24)19-34)17-25-18-26(36)13-15-32(25,2)28(31)14-16-33(27,29)3/h4-8,10,18,22,27-29,31,34H,9,11-17,19-20H2,1-3H3/b10-6+/t22-,27+,28+,29+,31+,32+,33+/m1/s1. The van der Waals surface area contributed by atoms with Crippen molar-refractivity contribution in [1.82, 2.24) is 0 Å². The molecule has 3 saturated carbocycles. The van der Waals surface area contributed by atoms with Crippen molar-refractivity contribution in [3.05, 3.63) is 59.2 Å². The van der Waals surface area contributed by atoms with Crippen molar-refractivity contribution in [2.75, 3.05) is 0 Å². The Hall–Kier alpha value is -2.73. The zero-order valence-electron chi connectivity index (χ0n) is 23.5. The van der Waals surface area contributed by atoms with E-state index >= 15 is 0 Å². The van der Waals surface area contributed by atoms with Crippen LogP contribution in [0.2, 0.25) is 0 Å². The summed E-state index contributed by atoms with van der Waals surface area (Å²) in [5.41, 5.74) is 2.86. The largest absolute Gasteiger partial charge is 0.462 e. The molecule has 1 aromatic rings. The van der Waals surface area contributed by atoms with Gasteiger partial charge in [-0.15, -0.1) is 0 Å². The number of hydrogen-bond donors (Lipinski definition) is 1. The first-order valence-electron chi connectivity index (χ1n) is 14.6. The molecule has 0 heterocycles. The van der Waals surface area contributed by atoms with Crippen molar-refractivity contribution < 1.29 is 29.0 Å². The molecule has 0 saturated heterocycles. The number of fused-ring (bicyclic) bond motifs is 5. The molecular weight excluding hydrogens is 492 g/mol. The highest BCUT2D eigenvalue weighted by Crippen LogP contribution is 2.67. The molecule has 0 bridgehead atoms. The van der Waals surface area contributed by atoms with Crippen LogP contribution < -0.4 is 0 Å². The number of rotatable bonds is 7. The molecule has 4 aliphatic rings. The van der Waals surface area contributed by atoms with Gasteiger partial charge in [0.05, 0.1) is 6.61 Å². The molecule has 39 heavy (non-hydrogen) atoms. The Labute approximate surface area is 231 Å². The average molecular weight is 535 g/mol. The molecule has 1 aromatic carbocycles. The summed E-state index contributed by atoms with van der Waals surface area (Å²) in [5.74, 6) is 1.36. The Morgan fingerprint density at radius 1 is 1.08 bits per heavy atom. The minimum Gasteiger partial charge on any atom is -0.462 e. The van der Waals surface area contributed by atoms with E-state index in [1.807, 2.05) is 36.4 Å². The van der Waals surface area contributed by atoms with Gasteiger partial charge < -0.3 is 14.6 Å². The first-order chi connectivity index (χ1) is 18.7. The summed E-state index contributed by atoms with van der Waals surface area (Å²) in [6.45, 7) is 6.23. The highest BCUT2D eigenvalue weighted by atomic mass is 16.5. The van der Waals surface area contributed by atoms with E-state index in [2.05, 4.69) is 13.8 Å². The molecule has 3 fully saturated rings. The van der Waals surface area contributed by atoms with Gasteiger partial charge in [-0.1, -0.05) is 49.8 Å². The van der Waals surface area contributed by atoms with E-state index in [1.165, 1.54) is 18.6 Å². The number of esters is 2. The van der Waals surface area contributed by atoms with E-state index in [1.54, 1.807) is 0 Å². The van der Waals surface area contributed by atoms with Crippen LogP contribution in [-0.4, -0.2) is 28.9 Å². The molecule has 6 nitrogen and oxygen atoms in total. The number of carbonyl (C=O) groups excluding carboxylic acids is 3. The van der Waals surface area contributed by atoms with E-state index in [9.17, 15) is 19.5 Å². The molecule has 5 rings (SSSR count). The molecule has 6 heteroatoms. The van der Waals surface area contributed by atoms with Crippen LogP contribution >= 0.6 is 0 Å². The van der Waals surface area contributed by atoms with Gasteiger partial charge in [0.15, 0.2) is 5.78 Å². The number of aliphatic hydroxyl groups excluding tert-OH is 1. The molecule has 4 aliphatic carbocycles. The molecule has 0 aromatic heterocycles. The van der Waals surface area contributed by atoms with Crippen LogP contribution in [0.5, 0.6) is 0 Å². The normalized spacial score (nSPS) is 35.5. The number of hydrogen-bond acceptors (Lipinski definition) is 6. The third-order valence-electron chi connectivity index (χ3n) is 10.7. The third-order valence-corrected chi connectivity index (χ3v) is 10.7. The topological polar surface area (TPSA) is 89.9 Å². The minimum absolute atomic E-state index is 0.0319. The number of carbonyl (C=O) groups is 3. The van der Waals surface area contributed by atoms with Crippen molar-refractivity contribution in [3.8, 4) is 0 Å². The number of ketones is 1. The van der Waals surface area contributed by atoms with E-state index in [0.29, 0.717) is 30.1 Å². The van der Waals surface area contributed by atoms with Crippen LogP contribution in [0.25, 0.3) is 0 Å². The second-order valence-corrected chi connectivity index (χ2v) is 12.7. The lowest BCUT2D eigenvalue weighted by Crippen LogP contribution is -2.54. The fourth-order valence-corrected chi connectivity index (χ4v) is 8.68. The summed E-state index contributed by atoms with van der Waals surface area (Å²) >= 11 is 0. The first kappa shape index (κ1) is 27.8. The van der Waals surface area contributed by atoms with Crippen molar-refractivity contribution in [3.63, 3.8) is 0 Å². The summed E-state index contributed by atoms with van der Waals surface area (Å²) in [6.07, 6.45) is 12.6. The Balaban J connectivity index is 1.34. The second-order valence-electron chi connectivity index (χ2n) is 12.7. The number of ether oxygens (including phenoxy) is 2. The summed E-state index contributed by atoms with van der Waals surface area (Å²) in [7, 11) is 0. The van der Waals surface area contributed by atoms with Crippen molar-refractivity contribution in [2.24, 2.45) is 34.5 Å². The Morgan fingerprint density at radius 3 is 2.59 bits per heavy atom. The van der Waals surface area contributed by atoms with Crippen LogP contribution in [-0.2, 0) is 37.1 Å². The maximum absolute atomic E-state index is 12.6. The van der Waals surface area contributed by atoms with Crippen LogP contribution in [0.3, 0.4) is 0 Å². The van der Waals surface area contributed by atoms with Gasteiger partial charge >= 0.3 is 11.9 Å². The zero-order chi connectivity index (χ0) is 27.8. The Morgan fingerprint density at radius 2 is 1.85 bits per heavy atom. The predicted molar refractivity (Wildman–Crippen MR) is 147 cm³/mol. The summed E-state index contributed by atoms with van der Waals surface area (Å²) in [5, 5.41) is 9.52. The quantitative estimate of drug-likeness (QED) is 0.348. The van der Waals surface area contributed by atoms with Crippen LogP contribution in [0.15, 0.2) is 48.1 Å². The number of benzene rings is 1. The molecule has 0 unspecified atom stereocenters. The van der Waals surface area contributed by atoms with Gasteiger partial charge in [-0.25, -0.2) is 4.79 Å². The third kappa shape index (κ3) is 5.25. The van der Waals surface area contributed by atoms with E-state index in [-0.39, 0.29) is 41.9 Å². The average Bonchev–Trinajstić information content (AvgIpc) is 3.23. The van der Waals surface area contributed by atoms with Gasteiger partial charge in [0.2, 0.25) is 0 Å². The van der Waals surface area contributed by atoms with Gasteiger partial charge in [0.1, 0.15) is 12.7 Å². The Bertz CT molecular complexity index is 1180. The number of allylic oxidation sites excluding steroid dienone is 2. The minimum atomic E-state index is -0.392. The molecule has 210 valence electrons. The SMILES string of the molecule is CC(=O)O[C@H]1CC[C@H]2[C@@H]3[C@H](C/C=C/C(=O)OCc4ccccc4CO)CC4=CC(=O)CC[C@]4(C)[C@H]3CC[C@]12C. The Kier molecular flexibility index (Phi) is 7.87. The smallest absolute Gasteiger partial charge is 0.330 e. The zero-order valence-corrected chi connectivity index (χ0v) is 23.5. The lowest BCUT2D eigenvalue weighted by molar-refractivity contribution is -0.158. The van der Waals surface area contributed by atoms with Crippen molar-refractivity contribution in [2.45, 2.75) is 91.5 Å². The van der Waals surface area contributed by atoms with Crippen LogP contribution in [0.1, 0.15) is 83.3 Å². The molecule has 1 N–H and O–H groups in total.